The molecule has 158 valence electrons. The van der Waals surface area contributed by atoms with E-state index in [4.69, 9.17) is 14.2 Å². The molecule has 0 bridgehead atoms. The van der Waals surface area contributed by atoms with Crippen molar-refractivity contribution in [1.82, 2.24) is 5.32 Å². The second-order valence-electron chi connectivity index (χ2n) is 8.81. The Morgan fingerprint density at radius 1 is 0.966 bits per heavy atom. The van der Waals surface area contributed by atoms with Gasteiger partial charge in [0.25, 0.3) is 0 Å². The van der Waals surface area contributed by atoms with E-state index in [1.54, 1.807) is 0 Å². The van der Waals surface area contributed by atoms with E-state index in [9.17, 15) is 0 Å². The molecule has 5 heteroatoms. The Bertz CT molecular complexity index is 796. The summed E-state index contributed by atoms with van der Waals surface area (Å²) >= 11 is 0. The SMILES string of the molecule is CC1(C)CC(CCNCc2ccc3c(c2)OCO3)(Cc2ccccc2)CCO1.[Cl-]. The van der Waals surface area contributed by atoms with E-state index in [1.807, 2.05) is 6.07 Å². The van der Waals surface area contributed by atoms with Crippen LogP contribution in [0.25, 0.3) is 0 Å². The van der Waals surface area contributed by atoms with Crippen molar-refractivity contribution in [3.05, 3.63) is 59.7 Å². The van der Waals surface area contributed by atoms with Gasteiger partial charge in [0.05, 0.1) is 5.60 Å². The summed E-state index contributed by atoms with van der Waals surface area (Å²) in [5.41, 5.74) is 2.89. The first-order chi connectivity index (χ1) is 13.5. The maximum Gasteiger partial charge on any atom is 0.231 e. The third-order valence-corrected chi connectivity index (χ3v) is 5.95. The third kappa shape index (κ3) is 5.65. The molecule has 0 spiro atoms. The number of nitrogens with one attached hydrogen (secondary N) is 1. The summed E-state index contributed by atoms with van der Waals surface area (Å²) in [6, 6.07) is 17.1. The van der Waals surface area contributed by atoms with Crippen LogP contribution in [-0.2, 0) is 17.7 Å². The molecule has 0 saturated carbocycles. The number of ether oxygens (including phenoxy) is 3. The van der Waals surface area contributed by atoms with Crippen molar-refractivity contribution in [2.24, 2.45) is 5.41 Å². The number of fused-ring (bicyclic) bond motifs is 1. The van der Waals surface area contributed by atoms with E-state index < -0.39 is 0 Å². The molecule has 2 aromatic carbocycles. The van der Waals surface area contributed by atoms with Gasteiger partial charge in [-0.2, -0.15) is 0 Å². The third-order valence-electron chi connectivity index (χ3n) is 5.95. The van der Waals surface area contributed by atoms with Gasteiger partial charge in [-0.15, -0.1) is 0 Å². The van der Waals surface area contributed by atoms with Crippen LogP contribution in [0.5, 0.6) is 11.5 Å². The van der Waals surface area contributed by atoms with Crippen molar-refractivity contribution in [3.63, 3.8) is 0 Å². The van der Waals surface area contributed by atoms with Crippen LogP contribution in [0.15, 0.2) is 48.5 Å². The number of hydrogen-bond donors (Lipinski definition) is 1. The molecule has 1 fully saturated rings. The Morgan fingerprint density at radius 2 is 1.76 bits per heavy atom. The van der Waals surface area contributed by atoms with Gasteiger partial charge in [0.2, 0.25) is 6.79 Å². The van der Waals surface area contributed by atoms with Crippen LogP contribution < -0.4 is 27.2 Å². The van der Waals surface area contributed by atoms with E-state index in [-0.39, 0.29) is 23.4 Å². The largest absolute Gasteiger partial charge is 1.00 e. The molecule has 2 aliphatic rings. The predicted molar refractivity (Wildman–Crippen MR) is 111 cm³/mol. The van der Waals surface area contributed by atoms with Gasteiger partial charge in [0.1, 0.15) is 0 Å². The van der Waals surface area contributed by atoms with Crippen molar-refractivity contribution >= 4 is 0 Å². The van der Waals surface area contributed by atoms with Crippen molar-refractivity contribution < 1.29 is 26.6 Å². The van der Waals surface area contributed by atoms with Crippen LogP contribution in [0, 0.1) is 5.41 Å². The minimum atomic E-state index is -0.0512. The molecule has 0 aromatic heterocycles. The van der Waals surface area contributed by atoms with Gasteiger partial charge in [0.15, 0.2) is 11.5 Å². The minimum Gasteiger partial charge on any atom is -1.00 e. The lowest BCUT2D eigenvalue weighted by Crippen LogP contribution is -3.00. The molecule has 4 nitrogen and oxygen atoms in total. The van der Waals surface area contributed by atoms with Crippen molar-refractivity contribution in [1.29, 1.82) is 0 Å². The average Bonchev–Trinajstić information content (AvgIpc) is 3.13. The maximum atomic E-state index is 6.03. The maximum absolute atomic E-state index is 6.03. The highest BCUT2D eigenvalue weighted by Crippen LogP contribution is 2.43. The molecule has 0 radical (unpaired) electrons. The van der Waals surface area contributed by atoms with Crippen LogP contribution in [0.2, 0.25) is 0 Å². The van der Waals surface area contributed by atoms with Gasteiger partial charge in [-0.25, -0.2) is 0 Å². The summed E-state index contributed by atoms with van der Waals surface area (Å²) in [7, 11) is 0. The highest BCUT2D eigenvalue weighted by molar-refractivity contribution is 5.44. The Labute approximate surface area is 180 Å². The Morgan fingerprint density at radius 3 is 2.55 bits per heavy atom. The highest BCUT2D eigenvalue weighted by atomic mass is 35.5. The molecule has 2 heterocycles. The molecule has 1 saturated heterocycles. The smallest absolute Gasteiger partial charge is 0.231 e. The highest BCUT2D eigenvalue weighted by Gasteiger charge is 2.40. The van der Waals surface area contributed by atoms with E-state index in [1.165, 1.54) is 11.1 Å². The molecule has 1 atom stereocenters. The van der Waals surface area contributed by atoms with Crippen LogP contribution >= 0.6 is 0 Å². The van der Waals surface area contributed by atoms with Crippen molar-refractivity contribution in [3.8, 4) is 11.5 Å². The lowest BCUT2D eigenvalue weighted by molar-refractivity contribution is -0.107. The van der Waals surface area contributed by atoms with E-state index >= 15 is 0 Å². The predicted octanol–water partition coefficient (Wildman–Crippen LogP) is 1.72. The summed E-state index contributed by atoms with van der Waals surface area (Å²) in [4.78, 5) is 0. The fraction of sp³-hybridized carbons (Fsp3) is 0.500. The number of halogens is 1. The molecule has 4 rings (SSSR count). The first-order valence-electron chi connectivity index (χ1n) is 10.3. The van der Waals surface area contributed by atoms with Crippen molar-refractivity contribution in [2.75, 3.05) is 19.9 Å². The zero-order valence-electron chi connectivity index (χ0n) is 17.4. The van der Waals surface area contributed by atoms with E-state index in [0.717, 1.165) is 56.9 Å². The lowest BCUT2D eigenvalue weighted by Gasteiger charge is -2.45. The average molecular weight is 417 g/mol. The molecular formula is C24H31ClNO3-. The Balaban J connectivity index is 0.00000240. The Hall–Kier alpha value is -1.75. The molecular weight excluding hydrogens is 386 g/mol. The summed E-state index contributed by atoms with van der Waals surface area (Å²) in [5, 5.41) is 3.64. The summed E-state index contributed by atoms with van der Waals surface area (Å²) in [6.45, 7) is 7.47. The second-order valence-corrected chi connectivity index (χ2v) is 8.81. The fourth-order valence-electron chi connectivity index (χ4n) is 4.71. The standard InChI is InChI=1S/C24H31NO3.ClH/c1-23(2)17-24(11-13-28-23,15-19-6-4-3-5-7-19)10-12-25-16-20-8-9-21-22(14-20)27-18-26-21;/h3-9,14,25H,10-13,15-18H2,1-2H3;1H/p-1. The van der Waals surface area contributed by atoms with Gasteiger partial charge in [-0.05, 0) is 74.8 Å². The van der Waals surface area contributed by atoms with E-state index in [2.05, 4.69) is 61.6 Å². The molecule has 1 N–H and O–H groups in total. The van der Waals surface area contributed by atoms with Crippen molar-refractivity contribution in [2.45, 2.75) is 51.7 Å². The minimum absolute atomic E-state index is 0. The van der Waals surface area contributed by atoms with Gasteiger partial charge >= 0.3 is 0 Å². The molecule has 1 unspecified atom stereocenters. The molecule has 0 aliphatic carbocycles. The Kier molecular flexibility index (Phi) is 7.10. The topological polar surface area (TPSA) is 39.7 Å². The van der Waals surface area contributed by atoms with Gasteiger partial charge < -0.3 is 31.9 Å². The van der Waals surface area contributed by atoms with Gasteiger partial charge in [-0.1, -0.05) is 36.4 Å². The molecule has 29 heavy (non-hydrogen) atoms. The summed E-state index contributed by atoms with van der Waals surface area (Å²) < 4.78 is 16.9. The zero-order valence-corrected chi connectivity index (χ0v) is 18.1. The first-order valence-corrected chi connectivity index (χ1v) is 10.3. The molecule has 2 aliphatic heterocycles. The van der Waals surface area contributed by atoms with Crippen LogP contribution in [0.4, 0.5) is 0 Å². The molecule has 2 aromatic rings. The number of rotatable bonds is 7. The summed E-state index contributed by atoms with van der Waals surface area (Å²) in [6.07, 6.45) is 4.49. The normalized spacial score (nSPS) is 22.1. The van der Waals surface area contributed by atoms with E-state index in [0.29, 0.717) is 6.79 Å². The van der Waals surface area contributed by atoms with Crippen LogP contribution in [0.3, 0.4) is 0 Å². The van der Waals surface area contributed by atoms with Gasteiger partial charge in [0, 0.05) is 13.2 Å². The quantitative estimate of drug-likeness (QED) is 0.698. The number of benzene rings is 2. The second kappa shape index (κ2) is 9.38. The monoisotopic (exact) mass is 416 g/mol. The zero-order chi connectivity index (χ0) is 19.5. The number of hydrogen-bond acceptors (Lipinski definition) is 4. The van der Waals surface area contributed by atoms with Gasteiger partial charge in [-0.3, -0.25) is 0 Å². The fourth-order valence-corrected chi connectivity index (χ4v) is 4.71. The summed E-state index contributed by atoms with van der Waals surface area (Å²) in [5.74, 6) is 1.70. The first kappa shape index (κ1) is 21.9. The molecule has 0 amide bonds. The van der Waals surface area contributed by atoms with Crippen LogP contribution in [0.1, 0.15) is 44.2 Å². The lowest BCUT2D eigenvalue weighted by atomic mass is 9.68. The van der Waals surface area contributed by atoms with Crippen LogP contribution in [-0.4, -0.2) is 25.5 Å².